The fourth-order valence-corrected chi connectivity index (χ4v) is 3.78. The number of nitrogens with zero attached hydrogens (tertiary/aromatic N) is 1. The van der Waals surface area contributed by atoms with Gasteiger partial charge in [0.15, 0.2) is 0 Å². The van der Waals surface area contributed by atoms with E-state index in [1.165, 1.54) is 11.1 Å². The monoisotopic (exact) mass is 342 g/mol. The SMILES string of the molecule is CCCc1ccc2c3c(C(N)=O)cccc3n(Cc3ccccc3)c2c1. The molecule has 0 radical (unpaired) electrons. The van der Waals surface area contributed by atoms with Gasteiger partial charge in [0.05, 0.1) is 5.52 Å². The topological polar surface area (TPSA) is 48.0 Å². The number of aryl methyl sites for hydroxylation is 1. The van der Waals surface area contributed by atoms with Crippen LogP contribution in [0.25, 0.3) is 21.8 Å². The first-order chi connectivity index (χ1) is 12.7. The lowest BCUT2D eigenvalue weighted by molar-refractivity contribution is 0.100. The molecule has 0 bridgehead atoms. The molecule has 1 amide bonds. The molecule has 4 rings (SSSR count). The third-order valence-corrected chi connectivity index (χ3v) is 4.94. The Balaban J connectivity index is 2.03. The Bertz CT molecular complexity index is 1090. The average Bonchev–Trinajstić information content (AvgIpc) is 2.96. The molecule has 130 valence electrons. The van der Waals surface area contributed by atoms with Gasteiger partial charge in [-0.05, 0) is 35.7 Å². The maximum Gasteiger partial charge on any atom is 0.249 e. The quantitative estimate of drug-likeness (QED) is 0.551. The fraction of sp³-hybridized carbons (Fsp3) is 0.174. The van der Waals surface area contributed by atoms with Gasteiger partial charge in [-0.2, -0.15) is 0 Å². The van der Waals surface area contributed by atoms with E-state index in [1.54, 1.807) is 0 Å². The van der Waals surface area contributed by atoms with Crippen molar-refractivity contribution in [3.63, 3.8) is 0 Å². The van der Waals surface area contributed by atoms with Crippen LogP contribution < -0.4 is 5.73 Å². The molecule has 0 fully saturated rings. The van der Waals surface area contributed by atoms with Gasteiger partial charge in [0.1, 0.15) is 0 Å². The smallest absolute Gasteiger partial charge is 0.249 e. The van der Waals surface area contributed by atoms with E-state index in [0.29, 0.717) is 5.56 Å². The van der Waals surface area contributed by atoms with Gasteiger partial charge in [-0.1, -0.05) is 61.9 Å². The molecule has 0 aliphatic rings. The van der Waals surface area contributed by atoms with Crippen molar-refractivity contribution in [2.24, 2.45) is 5.73 Å². The summed E-state index contributed by atoms with van der Waals surface area (Å²) in [7, 11) is 0. The normalized spacial score (nSPS) is 11.3. The van der Waals surface area contributed by atoms with E-state index in [9.17, 15) is 4.79 Å². The zero-order valence-electron chi connectivity index (χ0n) is 14.9. The summed E-state index contributed by atoms with van der Waals surface area (Å²) >= 11 is 0. The van der Waals surface area contributed by atoms with Gasteiger partial charge < -0.3 is 10.3 Å². The first-order valence-corrected chi connectivity index (χ1v) is 9.06. The van der Waals surface area contributed by atoms with Crippen LogP contribution in [-0.4, -0.2) is 10.5 Å². The lowest BCUT2D eigenvalue weighted by Crippen LogP contribution is -2.11. The summed E-state index contributed by atoms with van der Waals surface area (Å²) in [6.45, 7) is 2.95. The van der Waals surface area contributed by atoms with E-state index < -0.39 is 0 Å². The molecule has 0 aliphatic heterocycles. The van der Waals surface area contributed by atoms with Crippen LogP contribution in [-0.2, 0) is 13.0 Å². The molecule has 0 atom stereocenters. The number of carbonyl (C=O) groups excluding carboxylic acids is 1. The standard InChI is InChI=1S/C23H22N2O/c1-2-7-16-12-13-18-21(14-16)25(15-17-8-4-3-5-9-17)20-11-6-10-19(22(18)20)23(24)26/h3-6,8-14H,2,7,15H2,1H3,(H2,24,26). The molecule has 2 N–H and O–H groups in total. The number of nitrogens with two attached hydrogens (primary N) is 1. The molecule has 0 aliphatic carbocycles. The molecule has 26 heavy (non-hydrogen) atoms. The highest BCUT2D eigenvalue weighted by atomic mass is 16.1. The molecule has 1 aromatic heterocycles. The van der Waals surface area contributed by atoms with Crippen LogP contribution in [0.15, 0.2) is 66.7 Å². The van der Waals surface area contributed by atoms with E-state index in [4.69, 9.17) is 5.73 Å². The summed E-state index contributed by atoms with van der Waals surface area (Å²) in [6.07, 6.45) is 2.16. The van der Waals surface area contributed by atoms with Crippen LogP contribution in [0.4, 0.5) is 0 Å². The number of hydrogen-bond donors (Lipinski definition) is 1. The maximum absolute atomic E-state index is 12.0. The largest absolute Gasteiger partial charge is 0.366 e. The van der Waals surface area contributed by atoms with E-state index >= 15 is 0 Å². The summed E-state index contributed by atoms with van der Waals surface area (Å²) in [5.74, 6) is -0.382. The highest BCUT2D eigenvalue weighted by Gasteiger charge is 2.16. The highest BCUT2D eigenvalue weighted by molar-refractivity contribution is 6.17. The van der Waals surface area contributed by atoms with Crippen LogP contribution in [0.5, 0.6) is 0 Å². The van der Waals surface area contributed by atoms with E-state index in [2.05, 4.69) is 60.0 Å². The molecule has 3 heteroatoms. The summed E-state index contributed by atoms with van der Waals surface area (Å²) in [5.41, 5.74) is 11.0. The van der Waals surface area contributed by atoms with Crippen LogP contribution in [0.3, 0.4) is 0 Å². The minimum absolute atomic E-state index is 0.382. The minimum Gasteiger partial charge on any atom is -0.366 e. The molecule has 3 aromatic carbocycles. The predicted octanol–water partition coefficient (Wildman–Crippen LogP) is 4.89. The Morgan fingerprint density at radius 2 is 1.73 bits per heavy atom. The summed E-state index contributed by atoms with van der Waals surface area (Å²) in [5, 5.41) is 2.04. The molecule has 0 saturated carbocycles. The van der Waals surface area contributed by atoms with Gasteiger partial charge in [-0.25, -0.2) is 0 Å². The molecule has 0 spiro atoms. The van der Waals surface area contributed by atoms with Gasteiger partial charge in [0, 0.05) is 28.4 Å². The molecule has 1 heterocycles. The zero-order valence-corrected chi connectivity index (χ0v) is 14.9. The first kappa shape index (κ1) is 16.4. The highest BCUT2D eigenvalue weighted by Crippen LogP contribution is 2.33. The first-order valence-electron chi connectivity index (χ1n) is 9.06. The fourth-order valence-electron chi connectivity index (χ4n) is 3.78. The molecular weight excluding hydrogens is 320 g/mol. The number of aromatic nitrogens is 1. The van der Waals surface area contributed by atoms with Crippen molar-refractivity contribution in [3.05, 3.63) is 83.4 Å². The second-order valence-corrected chi connectivity index (χ2v) is 6.74. The third kappa shape index (κ3) is 2.76. The minimum atomic E-state index is -0.382. The van der Waals surface area contributed by atoms with Crippen molar-refractivity contribution in [1.29, 1.82) is 0 Å². The second-order valence-electron chi connectivity index (χ2n) is 6.74. The van der Waals surface area contributed by atoms with E-state index in [0.717, 1.165) is 41.2 Å². The number of rotatable bonds is 5. The molecule has 3 nitrogen and oxygen atoms in total. The van der Waals surface area contributed by atoms with Gasteiger partial charge >= 0.3 is 0 Å². The lowest BCUT2D eigenvalue weighted by atomic mass is 10.0. The number of benzene rings is 3. The lowest BCUT2D eigenvalue weighted by Gasteiger charge is -2.09. The number of primary amides is 1. The maximum atomic E-state index is 12.0. The Morgan fingerprint density at radius 3 is 2.46 bits per heavy atom. The average molecular weight is 342 g/mol. The van der Waals surface area contributed by atoms with Gasteiger partial charge in [-0.15, -0.1) is 0 Å². The van der Waals surface area contributed by atoms with Crippen molar-refractivity contribution in [3.8, 4) is 0 Å². The molecule has 4 aromatic rings. The number of fused-ring (bicyclic) bond motifs is 3. The third-order valence-electron chi connectivity index (χ3n) is 4.94. The summed E-state index contributed by atoms with van der Waals surface area (Å²) < 4.78 is 2.30. The van der Waals surface area contributed by atoms with Gasteiger partial charge in [0.2, 0.25) is 5.91 Å². The Hall–Kier alpha value is -3.07. The number of amides is 1. The Labute approximate surface area is 153 Å². The van der Waals surface area contributed by atoms with Crippen LogP contribution in [0, 0.1) is 0 Å². The molecular formula is C23H22N2O. The molecule has 0 saturated heterocycles. The van der Waals surface area contributed by atoms with Crippen molar-refractivity contribution < 1.29 is 4.79 Å². The Kier molecular flexibility index (Phi) is 4.21. The summed E-state index contributed by atoms with van der Waals surface area (Å²) in [4.78, 5) is 12.0. The summed E-state index contributed by atoms with van der Waals surface area (Å²) in [6, 6.07) is 22.8. The Morgan fingerprint density at radius 1 is 0.923 bits per heavy atom. The number of carbonyl (C=O) groups is 1. The van der Waals surface area contributed by atoms with Crippen molar-refractivity contribution in [2.45, 2.75) is 26.3 Å². The van der Waals surface area contributed by atoms with Crippen LogP contribution in [0.2, 0.25) is 0 Å². The van der Waals surface area contributed by atoms with Crippen molar-refractivity contribution in [1.82, 2.24) is 4.57 Å². The van der Waals surface area contributed by atoms with Gasteiger partial charge in [0.25, 0.3) is 0 Å². The molecule has 0 unspecified atom stereocenters. The van der Waals surface area contributed by atoms with E-state index in [1.807, 2.05) is 18.2 Å². The van der Waals surface area contributed by atoms with Gasteiger partial charge in [-0.3, -0.25) is 4.79 Å². The predicted molar refractivity (Wildman–Crippen MR) is 108 cm³/mol. The van der Waals surface area contributed by atoms with Crippen LogP contribution >= 0.6 is 0 Å². The van der Waals surface area contributed by atoms with E-state index in [-0.39, 0.29) is 5.91 Å². The second kappa shape index (κ2) is 6.68. The van der Waals surface area contributed by atoms with Crippen LogP contribution in [0.1, 0.15) is 34.8 Å². The van der Waals surface area contributed by atoms with Crippen molar-refractivity contribution >= 4 is 27.7 Å². The zero-order chi connectivity index (χ0) is 18.1. The number of hydrogen-bond acceptors (Lipinski definition) is 1. The van der Waals surface area contributed by atoms with Crippen molar-refractivity contribution in [2.75, 3.05) is 0 Å².